The van der Waals surface area contributed by atoms with Crippen LogP contribution in [-0.2, 0) is 0 Å². The Kier molecular flexibility index (Phi) is 4.69. The van der Waals surface area contributed by atoms with Gasteiger partial charge in [0.2, 0.25) is 0 Å². The summed E-state index contributed by atoms with van der Waals surface area (Å²) in [6, 6.07) is 0. The Labute approximate surface area is 64.3 Å². The van der Waals surface area contributed by atoms with Gasteiger partial charge in [-0.15, -0.1) is 0 Å². The van der Waals surface area contributed by atoms with E-state index in [2.05, 4.69) is 17.3 Å². The summed E-state index contributed by atoms with van der Waals surface area (Å²) in [6.45, 7) is 4.74. The van der Waals surface area contributed by atoms with Crippen LogP contribution in [0.5, 0.6) is 0 Å². The van der Waals surface area contributed by atoms with Crippen molar-refractivity contribution in [3.05, 3.63) is 0 Å². The first-order valence-electron chi connectivity index (χ1n) is 2.79. The Hall–Kier alpha value is 0.517. The van der Waals surface area contributed by atoms with Crippen molar-refractivity contribution < 1.29 is 20.3 Å². The summed E-state index contributed by atoms with van der Waals surface area (Å²) in [4.78, 5) is 2.33. The van der Waals surface area contributed by atoms with Crippen molar-refractivity contribution >= 4 is 0 Å². The Bertz CT molecular complexity index is 56.9. The van der Waals surface area contributed by atoms with E-state index < -0.39 is 0 Å². The van der Waals surface area contributed by atoms with Crippen LogP contribution in [0.15, 0.2) is 0 Å². The van der Waals surface area contributed by atoms with Gasteiger partial charge in [0.15, 0.2) is 0 Å². The summed E-state index contributed by atoms with van der Waals surface area (Å²) in [7, 11) is 2.15. The molecule has 1 rings (SSSR count). The predicted octanol–water partition coefficient (Wildman–Crippen LogP) is -3.36. The van der Waals surface area contributed by atoms with Gasteiger partial charge in [-0.2, -0.15) is 0 Å². The third kappa shape index (κ3) is 2.73. The maximum atomic E-state index is 3.27. The molecule has 0 radical (unpaired) electrons. The van der Waals surface area contributed by atoms with Gasteiger partial charge in [0.25, 0.3) is 0 Å². The molecule has 1 fully saturated rings. The van der Waals surface area contributed by atoms with Crippen LogP contribution in [0.1, 0.15) is 1.43 Å². The molecule has 0 aromatic heterocycles. The number of piperazine rings is 1. The van der Waals surface area contributed by atoms with Crippen LogP contribution >= 0.6 is 0 Å². The molecule has 1 heterocycles. The summed E-state index contributed by atoms with van der Waals surface area (Å²) in [6.07, 6.45) is 0. The zero-order valence-corrected chi connectivity index (χ0v) is 5.78. The Morgan fingerprint density at radius 2 is 1.88 bits per heavy atom. The van der Waals surface area contributed by atoms with Crippen LogP contribution in [0.25, 0.3) is 0 Å². The molecule has 1 N–H and O–H groups in total. The van der Waals surface area contributed by atoms with Gasteiger partial charge >= 0.3 is 18.9 Å². The van der Waals surface area contributed by atoms with Crippen LogP contribution in [0, 0.1) is 0 Å². The van der Waals surface area contributed by atoms with Gasteiger partial charge in [-0.25, -0.2) is 0 Å². The van der Waals surface area contributed by atoms with Gasteiger partial charge in [0, 0.05) is 26.2 Å². The minimum absolute atomic E-state index is 0. The largest absolute Gasteiger partial charge is 1.00 e. The monoisotopic (exact) mass is 108 g/mol. The SMILES string of the molecule is CN1CCNCC1.[H-].[Li+]. The third-order valence-corrected chi connectivity index (χ3v) is 1.34. The van der Waals surface area contributed by atoms with Crippen LogP contribution < -0.4 is 24.2 Å². The molecule has 44 valence electrons. The van der Waals surface area contributed by atoms with E-state index in [0.29, 0.717) is 0 Å². The summed E-state index contributed by atoms with van der Waals surface area (Å²) >= 11 is 0. The summed E-state index contributed by atoms with van der Waals surface area (Å²) in [5.41, 5.74) is 0. The fourth-order valence-corrected chi connectivity index (χ4v) is 0.777. The molecular formula is C5H13LiN2. The molecule has 0 unspecified atom stereocenters. The van der Waals surface area contributed by atoms with Gasteiger partial charge in [-0.3, -0.25) is 0 Å². The van der Waals surface area contributed by atoms with Crippen LogP contribution in [0.4, 0.5) is 0 Å². The second-order valence-electron chi connectivity index (χ2n) is 2.05. The smallest absolute Gasteiger partial charge is 1.00 e. The molecule has 1 saturated heterocycles. The first-order chi connectivity index (χ1) is 3.39. The number of nitrogens with zero attached hydrogens (tertiary/aromatic N) is 1. The third-order valence-electron chi connectivity index (χ3n) is 1.34. The van der Waals surface area contributed by atoms with E-state index in [1.165, 1.54) is 13.1 Å². The van der Waals surface area contributed by atoms with Crippen LogP contribution in [-0.4, -0.2) is 38.1 Å². The first kappa shape index (κ1) is 8.52. The number of likely N-dealkylation sites (N-methyl/N-ethyl adjacent to an activating group) is 1. The Morgan fingerprint density at radius 1 is 1.38 bits per heavy atom. The molecule has 0 amide bonds. The van der Waals surface area contributed by atoms with E-state index in [-0.39, 0.29) is 20.3 Å². The summed E-state index contributed by atoms with van der Waals surface area (Å²) in [5.74, 6) is 0. The molecule has 0 aromatic carbocycles. The Balaban J connectivity index is 0. The molecular weight excluding hydrogens is 95.0 g/mol. The molecule has 0 atom stereocenters. The molecule has 2 nitrogen and oxygen atoms in total. The van der Waals surface area contributed by atoms with E-state index in [4.69, 9.17) is 0 Å². The van der Waals surface area contributed by atoms with Gasteiger partial charge < -0.3 is 11.6 Å². The van der Waals surface area contributed by atoms with E-state index in [9.17, 15) is 0 Å². The zero-order chi connectivity index (χ0) is 5.11. The molecule has 0 bridgehead atoms. The van der Waals surface area contributed by atoms with Crippen LogP contribution in [0.3, 0.4) is 0 Å². The number of rotatable bonds is 0. The fraction of sp³-hybridized carbons (Fsp3) is 1.00. The molecule has 0 aliphatic carbocycles. The maximum Gasteiger partial charge on any atom is 1.00 e. The van der Waals surface area contributed by atoms with Gasteiger partial charge in [0.1, 0.15) is 0 Å². The predicted molar refractivity (Wildman–Crippen MR) is 31.5 cm³/mol. The fourth-order valence-electron chi connectivity index (χ4n) is 0.777. The van der Waals surface area contributed by atoms with Crippen molar-refractivity contribution in [2.45, 2.75) is 0 Å². The Morgan fingerprint density at radius 3 is 2.12 bits per heavy atom. The van der Waals surface area contributed by atoms with Crippen molar-refractivity contribution in [2.75, 3.05) is 33.2 Å². The first-order valence-corrected chi connectivity index (χ1v) is 2.79. The number of nitrogens with one attached hydrogen (secondary N) is 1. The van der Waals surface area contributed by atoms with Crippen LogP contribution in [0.2, 0.25) is 0 Å². The van der Waals surface area contributed by atoms with Gasteiger partial charge in [-0.1, -0.05) is 0 Å². The van der Waals surface area contributed by atoms with Crippen molar-refractivity contribution in [2.24, 2.45) is 0 Å². The topological polar surface area (TPSA) is 15.3 Å². The van der Waals surface area contributed by atoms with Gasteiger partial charge in [-0.05, 0) is 7.05 Å². The zero-order valence-electron chi connectivity index (χ0n) is 6.78. The molecule has 0 spiro atoms. The number of hydrogen-bond donors (Lipinski definition) is 1. The number of hydrogen-bond acceptors (Lipinski definition) is 2. The molecule has 1 aliphatic rings. The van der Waals surface area contributed by atoms with Crippen molar-refractivity contribution in [3.63, 3.8) is 0 Å². The molecule has 0 saturated carbocycles. The van der Waals surface area contributed by atoms with E-state index >= 15 is 0 Å². The molecule has 8 heavy (non-hydrogen) atoms. The summed E-state index contributed by atoms with van der Waals surface area (Å²) < 4.78 is 0. The second kappa shape index (κ2) is 4.40. The van der Waals surface area contributed by atoms with E-state index in [1.54, 1.807) is 0 Å². The maximum absolute atomic E-state index is 3.27. The normalized spacial score (nSPS) is 22.1. The van der Waals surface area contributed by atoms with E-state index in [0.717, 1.165) is 13.1 Å². The average molecular weight is 108 g/mol. The van der Waals surface area contributed by atoms with Gasteiger partial charge in [0.05, 0.1) is 0 Å². The van der Waals surface area contributed by atoms with E-state index in [1.807, 2.05) is 0 Å². The standard InChI is InChI=1S/C5H12N2.Li.H/c1-7-4-2-6-3-5-7;;/h6H,2-5H2,1H3;;/q;+1;-1. The average Bonchev–Trinajstić information content (AvgIpc) is 1.69. The minimum atomic E-state index is 0. The minimum Gasteiger partial charge on any atom is -1.00 e. The van der Waals surface area contributed by atoms with Crippen molar-refractivity contribution in [3.8, 4) is 0 Å². The molecule has 1 aliphatic heterocycles. The second-order valence-corrected chi connectivity index (χ2v) is 2.05. The quantitative estimate of drug-likeness (QED) is 0.326. The molecule has 0 aromatic rings. The van der Waals surface area contributed by atoms with Crippen molar-refractivity contribution in [1.82, 2.24) is 10.2 Å². The molecule has 3 heteroatoms. The summed E-state index contributed by atoms with van der Waals surface area (Å²) in [5, 5.41) is 3.27. The van der Waals surface area contributed by atoms with Crippen molar-refractivity contribution in [1.29, 1.82) is 0 Å².